The van der Waals surface area contributed by atoms with Crippen molar-refractivity contribution in [2.75, 3.05) is 6.61 Å². The Morgan fingerprint density at radius 2 is 2.08 bits per heavy atom. The molecule has 1 fully saturated rings. The van der Waals surface area contributed by atoms with Crippen molar-refractivity contribution in [3.05, 3.63) is 5.92 Å². The van der Waals surface area contributed by atoms with Crippen molar-refractivity contribution in [2.45, 2.75) is 18.9 Å². The molecule has 5 heteroatoms. The van der Waals surface area contributed by atoms with E-state index in [1.165, 1.54) is 6.92 Å². The van der Waals surface area contributed by atoms with Crippen LogP contribution in [-0.2, 0) is 14.3 Å². The molecular formula is C7H11N2O3. The van der Waals surface area contributed by atoms with Crippen molar-refractivity contribution in [1.29, 1.82) is 0 Å². The lowest BCUT2D eigenvalue weighted by molar-refractivity contribution is -0.137. The zero-order valence-corrected chi connectivity index (χ0v) is 6.79. The maximum Gasteiger partial charge on any atom is 0.250 e. The molecule has 12 heavy (non-hydrogen) atoms. The van der Waals surface area contributed by atoms with Gasteiger partial charge < -0.3 is 16.2 Å². The molecule has 1 rings (SSSR count). The summed E-state index contributed by atoms with van der Waals surface area (Å²) < 4.78 is 5.06. The van der Waals surface area contributed by atoms with E-state index in [1.54, 1.807) is 0 Å². The van der Waals surface area contributed by atoms with Gasteiger partial charge in [-0.1, -0.05) is 0 Å². The fourth-order valence-electron chi connectivity index (χ4n) is 1.26. The van der Waals surface area contributed by atoms with E-state index < -0.39 is 17.4 Å². The van der Waals surface area contributed by atoms with Crippen LogP contribution in [0.1, 0.15) is 13.3 Å². The van der Waals surface area contributed by atoms with E-state index in [4.69, 9.17) is 16.2 Å². The van der Waals surface area contributed by atoms with Crippen molar-refractivity contribution in [3.8, 4) is 0 Å². The van der Waals surface area contributed by atoms with Crippen molar-refractivity contribution < 1.29 is 14.3 Å². The second-order valence-electron chi connectivity index (χ2n) is 2.84. The second-order valence-corrected chi connectivity index (χ2v) is 2.84. The molecule has 2 amide bonds. The van der Waals surface area contributed by atoms with Crippen molar-refractivity contribution in [2.24, 2.45) is 11.5 Å². The zero-order valence-electron chi connectivity index (χ0n) is 6.79. The minimum Gasteiger partial charge on any atom is -0.369 e. The van der Waals surface area contributed by atoms with Gasteiger partial charge in [0, 0.05) is 6.61 Å². The Bertz CT molecular complexity index is 229. The van der Waals surface area contributed by atoms with Gasteiger partial charge in [0.15, 0.2) is 5.60 Å². The Morgan fingerprint density at radius 3 is 2.42 bits per heavy atom. The van der Waals surface area contributed by atoms with E-state index in [-0.39, 0.29) is 5.92 Å². The molecule has 0 saturated carbocycles. The van der Waals surface area contributed by atoms with Gasteiger partial charge in [-0.2, -0.15) is 0 Å². The Kier molecular flexibility index (Phi) is 2.06. The van der Waals surface area contributed by atoms with Gasteiger partial charge in [-0.05, 0) is 13.3 Å². The van der Waals surface area contributed by atoms with Crippen LogP contribution in [0.25, 0.3) is 0 Å². The summed E-state index contributed by atoms with van der Waals surface area (Å²) in [5.41, 5.74) is 8.83. The highest BCUT2D eigenvalue weighted by Gasteiger charge is 2.49. The van der Waals surface area contributed by atoms with Gasteiger partial charge in [-0.25, -0.2) is 0 Å². The van der Waals surface area contributed by atoms with Gasteiger partial charge in [0.2, 0.25) is 5.91 Å². The number of primary amides is 2. The first-order valence-corrected chi connectivity index (χ1v) is 3.58. The average molecular weight is 171 g/mol. The highest BCUT2D eigenvalue weighted by molar-refractivity contribution is 6.00. The molecule has 0 aromatic heterocycles. The topological polar surface area (TPSA) is 95.4 Å². The molecule has 0 spiro atoms. The summed E-state index contributed by atoms with van der Waals surface area (Å²) in [6.07, 6.45) is 0.384. The number of rotatable bonds is 2. The Morgan fingerprint density at radius 1 is 1.50 bits per heavy atom. The molecular weight excluding hydrogens is 160 g/mol. The molecule has 0 aromatic carbocycles. The fraction of sp³-hybridized carbons (Fsp3) is 0.571. The number of hydrogen-bond acceptors (Lipinski definition) is 3. The first-order chi connectivity index (χ1) is 5.48. The molecule has 5 nitrogen and oxygen atoms in total. The van der Waals surface area contributed by atoms with Crippen LogP contribution < -0.4 is 11.5 Å². The van der Waals surface area contributed by atoms with Crippen molar-refractivity contribution in [1.82, 2.24) is 0 Å². The van der Waals surface area contributed by atoms with Crippen LogP contribution >= 0.6 is 0 Å². The van der Waals surface area contributed by atoms with Gasteiger partial charge >= 0.3 is 0 Å². The standard InChI is InChI=1S/C7H11N2O3/c1-7(6(9)11)4(5(8)10)2-3-12-7/h2-3H2,1H3,(H2,8,10)(H2,9,11). The highest BCUT2D eigenvalue weighted by atomic mass is 16.5. The van der Waals surface area contributed by atoms with E-state index >= 15 is 0 Å². The lowest BCUT2D eigenvalue weighted by Crippen LogP contribution is -2.48. The van der Waals surface area contributed by atoms with E-state index in [1.807, 2.05) is 0 Å². The SMILES string of the molecule is CC1(C(N)=O)OCC[C]1C(N)=O. The monoisotopic (exact) mass is 171 g/mol. The van der Waals surface area contributed by atoms with Crippen molar-refractivity contribution in [3.63, 3.8) is 0 Å². The molecule has 67 valence electrons. The van der Waals surface area contributed by atoms with Gasteiger partial charge in [0.25, 0.3) is 5.91 Å². The summed E-state index contributed by atoms with van der Waals surface area (Å²) in [6.45, 7) is 1.78. The molecule has 1 unspecified atom stereocenters. The van der Waals surface area contributed by atoms with Crippen LogP contribution in [0.3, 0.4) is 0 Å². The number of hydrogen-bond donors (Lipinski definition) is 2. The quantitative estimate of drug-likeness (QED) is 0.541. The zero-order chi connectivity index (χ0) is 9.35. The predicted molar refractivity (Wildman–Crippen MR) is 40.6 cm³/mol. The first-order valence-electron chi connectivity index (χ1n) is 3.58. The molecule has 0 aromatic rings. The number of ether oxygens (including phenoxy) is 1. The lowest BCUT2D eigenvalue weighted by atomic mass is 9.88. The molecule has 4 N–H and O–H groups in total. The first kappa shape index (κ1) is 8.99. The largest absolute Gasteiger partial charge is 0.369 e. The summed E-state index contributed by atoms with van der Waals surface area (Å²) in [5, 5.41) is 0. The number of amides is 2. The van der Waals surface area contributed by atoms with Crippen molar-refractivity contribution >= 4 is 11.8 Å². The summed E-state index contributed by atoms with van der Waals surface area (Å²) >= 11 is 0. The van der Waals surface area contributed by atoms with E-state index in [0.717, 1.165) is 0 Å². The molecule has 0 aliphatic carbocycles. The third kappa shape index (κ3) is 1.16. The highest BCUT2D eigenvalue weighted by Crippen LogP contribution is 2.33. The van der Waals surface area contributed by atoms with Gasteiger partial charge in [-0.3, -0.25) is 9.59 Å². The predicted octanol–water partition coefficient (Wildman–Crippen LogP) is -1.29. The van der Waals surface area contributed by atoms with E-state index in [0.29, 0.717) is 13.0 Å². The van der Waals surface area contributed by atoms with Gasteiger partial charge in [-0.15, -0.1) is 0 Å². The minimum absolute atomic E-state index is 0.259. The smallest absolute Gasteiger partial charge is 0.250 e. The third-order valence-corrected chi connectivity index (χ3v) is 2.09. The third-order valence-electron chi connectivity index (χ3n) is 2.09. The lowest BCUT2D eigenvalue weighted by Gasteiger charge is -2.23. The summed E-state index contributed by atoms with van der Waals surface area (Å²) in [4.78, 5) is 21.7. The maximum absolute atomic E-state index is 10.9. The minimum atomic E-state index is -1.29. The number of carbonyl (C=O) groups is 2. The summed E-state index contributed by atoms with van der Waals surface area (Å²) in [5.74, 6) is -1.03. The van der Waals surface area contributed by atoms with Crippen LogP contribution in [0.4, 0.5) is 0 Å². The normalized spacial score (nSPS) is 30.4. The van der Waals surface area contributed by atoms with E-state index in [9.17, 15) is 9.59 Å². The van der Waals surface area contributed by atoms with Crippen LogP contribution in [0.5, 0.6) is 0 Å². The maximum atomic E-state index is 10.9. The number of carbonyl (C=O) groups excluding carboxylic acids is 2. The van der Waals surface area contributed by atoms with Crippen LogP contribution in [0, 0.1) is 5.92 Å². The average Bonchev–Trinajstić information content (AvgIpc) is 2.32. The Balaban J connectivity index is 2.89. The molecule has 0 bridgehead atoms. The summed E-state index contributed by atoms with van der Waals surface area (Å²) in [6, 6.07) is 0. The van der Waals surface area contributed by atoms with Crippen LogP contribution in [-0.4, -0.2) is 24.0 Å². The molecule has 1 saturated heterocycles. The molecule has 1 aliphatic rings. The molecule has 1 heterocycles. The van der Waals surface area contributed by atoms with E-state index in [2.05, 4.69) is 0 Å². The molecule has 1 atom stereocenters. The fourth-order valence-corrected chi connectivity index (χ4v) is 1.26. The Hall–Kier alpha value is -1.10. The second kappa shape index (κ2) is 2.75. The number of nitrogens with two attached hydrogens (primary N) is 2. The Labute approximate surface area is 70.0 Å². The van der Waals surface area contributed by atoms with Gasteiger partial charge in [0.1, 0.15) is 5.92 Å². The molecule has 1 aliphatic heterocycles. The van der Waals surface area contributed by atoms with Crippen LogP contribution in [0.15, 0.2) is 0 Å². The summed E-state index contributed by atoms with van der Waals surface area (Å²) in [7, 11) is 0. The molecule has 1 radical (unpaired) electrons. The van der Waals surface area contributed by atoms with Gasteiger partial charge in [0.05, 0.1) is 0 Å². The van der Waals surface area contributed by atoms with Crippen LogP contribution in [0.2, 0.25) is 0 Å².